The summed E-state index contributed by atoms with van der Waals surface area (Å²) in [5.74, 6) is 0. The quantitative estimate of drug-likeness (QED) is 0.744. The number of fused-ring (bicyclic) bond motifs is 1. The van der Waals surface area contributed by atoms with Crippen LogP contribution in [-0.2, 0) is 0 Å². The molecule has 0 saturated carbocycles. The topological polar surface area (TPSA) is 25.8 Å². The Labute approximate surface area is 98.3 Å². The Kier molecular flexibility index (Phi) is 3.20. The molecule has 0 aliphatic rings. The molecule has 0 radical (unpaired) electrons. The third-order valence-electron chi connectivity index (χ3n) is 2.25. The molecule has 0 amide bonds. The summed E-state index contributed by atoms with van der Waals surface area (Å²) in [6.07, 6.45) is 3.08. The standard InChI is InChI=1S/C13H17N2P/c1-13(2,3)9-16-12-8-14-10-6-4-5-7-11(10)15-12/h4-8,16H,9H2,1-3H3. The van der Waals surface area contributed by atoms with Gasteiger partial charge in [-0.25, -0.2) is 4.98 Å². The minimum atomic E-state index is 0.367. The van der Waals surface area contributed by atoms with Gasteiger partial charge in [-0.3, -0.25) is 4.98 Å². The van der Waals surface area contributed by atoms with Crippen LogP contribution in [0.3, 0.4) is 0 Å². The Morgan fingerprint density at radius 1 is 1.12 bits per heavy atom. The van der Waals surface area contributed by atoms with Crippen molar-refractivity contribution >= 4 is 25.0 Å². The van der Waals surface area contributed by atoms with Gasteiger partial charge >= 0.3 is 0 Å². The van der Waals surface area contributed by atoms with E-state index in [1.807, 2.05) is 30.5 Å². The fourth-order valence-corrected chi connectivity index (χ4v) is 2.46. The van der Waals surface area contributed by atoms with Crippen molar-refractivity contribution in [2.24, 2.45) is 5.41 Å². The van der Waals surface area contributed by atoms with Crippen LogP contribution in [0.1, 0.15) is 20.8 Å². The van der Waals surface area contributed by atoms with E-state index in [2.05, 4.69) is 30.7 Å². The van der Waals surface area contributed by atoms with Crippen molar-refractivity contribution in [2.45, 2.75) is 20.8 Å². The van der Waals surface area contributed by atoms with Gasteiger partial charge < -0.3 is 0 Å². The summed E-state index contributed by atoms with van der Waals surface area (Å²) >= 11 is 0. The van der Waals surface area contributed by atoms with Crippen molar-refractivity contribution in [2.75, 3.05) is 6.16 Å². The molecule has 1 unspecified atom stereocenters. The summed E-state index contributed by atoms with van der Waals surface area (Å²) < 4.78 is 0. The van der Waals surface area contributed by atoms with Gasteiger partial charge in [0.05, 0.1) is 22.7 Å². The summed E-state index contributed by atoms with van der Waals surface area (Å²) in [6, 6.07) is 8.02. The average Bonchev–Trinajstić information content (AvgIpc) is 2.25. The van der Waals surface area contributed by atoms with E-state index in [-0.39, 0.29) is 0 Å². The van der Waals surface area contributed by atoms with E-state index < -0.39 is 0 Å². The largest absolute Gasteiger partial charge is 0.252 e. The fraction of sp³-hybridized carbons (Fsp3) is 0.385. The van der Waals surface area contributed by atoms with Gasteiger partial charge in [0.15, 0.2) is 0 Å². The van der Waals surface area contributed by atoms with Gasteiger partial charge in [-0.2, -0.15) is 0 Å². The zero-order chi connectivity index (χ0) is 11.6. The van der Waals surface area contributed by atoms with Crippen molar-refractivity contribution in [3.05, 3.63) is 30.5 Å². The van der Waals surface area contributed by atoms with Crippen LogP contribution >= 0.6 is 8.58 Å². The molecule has 0 N–H and O–H groups in total. The van der Waals surface area contributed by atoms with Crippen LogP contribution in [0.15, 0.2) is 30.5 Å². The van der Waals surface area contributed by atoms with Gasteiger partial charge in [0, 0.05) is 0 Å². The molecule has 0 spiro atoms. The van der Waals surface area contributed by atoms with Gasteiger partial charge in [-0.1, -0.05) is 41.5 Å². The van der Waals surface area contributed by atoms with Gasteiger partial charge in [0.1, 0.15) is 0 Å². The Morgan fingerprint density at radius 2 is 1.81 bits per heavy atom. The Bertz CT molecular complexity index is 489. The van der Waals surface area contributed by atoms with Crippen molar-refractivity contribution in [3.63, 3.8) is 0 Å². The van der Waals surface area contributed by atoms with E-state index in [1.54, 1.807) is 0 Å². The lowest BCUT2D eigenvalue weighted by molar-refractivity contribution is 0.479. The molecule has 1 aromatic carbocycles. The summed E-state index contributed by atoms with van der Waals surface area (Å²) in [7, 11) is 0.746. The minimum absolute atomic E-state index is 0.367. The first-order valence-electron chi connectivity index (χ1n) is 5.50. The van der Waals surface area contributed by atoms with Gasteiger partial charge in [0.25, 0.3) is 0 Å². The molecule has 0 bridgehead atoms. The number of benzene rings is 1. The van der Waals surface area contributed by atoms with Gasteiger partial charge in [0.2, 0.25) is 0 Å². The first kappa shape index (κ1) is 11.5. The van der Waals surface area contributed by atoms with Crippen LogP contribution in [0.5, 0.6) is 0 Å². The number of hydrogen-bond donors (Lipinski definition) is 0. The first-order valence-corrected chi connectivity index (χ1v) is 6.71. The molecule has 1 aromatic heterocycles. The monoisotopic (exact) mass is 232 g/mol. The molecule has 2 rings (SSSR count). The Balaban J connectivity index is 2.20. The summed E-state index contributed by atoms with van der Waals surface area (Å²) in [4.78, 5) is 9.05. The highest BCUT2D eigenvalue weighted by atomic mass is 31.1. The van der Waals surface area contributed by atoms with E-state index >= 15 is 0 Å². The SMILES string of the molecule is CC(C)(C)CPc1cnc2ccccc2n1. The summed E-state index contributed by atoms with van der Waals surface area (Å²) in [5.41, 5.74) is 3.47. The minimum Gasteiger partial charge on any atom is -0.252 e. The maximum atomic E-state index is 4.63. The molecule has 2 nitrogen and oxygen atoms in total. The summed E-state index contributed by atoms with van der Waals surface area (Å²) in [5, 5.41) is 0. The van der Waals surface area contributed by atoms with E-state index in [9.17, 15) is 0 Å². The molecule has 2 aromatic rings. The second-order valence-corrected chi connectivity index (χ2v) is 6.38. The van der Waals surface area contributed by atoms with Crippen molar-refractivity contribution in [3.8, 4) is 0 Å². The maximum Gasteiger partial charge on any atom is 0.0894 e. The fourth-order valence-electron chi connectivity index (χ4n) is 1.40. The zero-order valence-corrected chi connectivity index (χ0v) is 11.0. The van der Waals surface area contributed by atoms with Gasteiger partial charge in [-0.05, 0) is 23.7 Å². The third-order valence-corrected chi connectivity index (χ3v) is 4.09. The highest BCUT2D eigenvalue weighted by Crippen LogP contribution is 2.24. The molecule has 0 aliphatic carbocycles. The van der Waals surface area contributed by atoms with Crippen LogP contribution in [0, 0.1) is 5.41 Å². The molecule has 3 heteroatoms. The highest BCUT2D eigenvalue weighted by molar-refractivity contribution is 7.46. The predicted molar refractivity (Wildman–Crippen MR) is 71.8 cm³/mol. The Morgan fingerprint density at radius 3 is 2.50 bits per heavy atom. The number of nitrogens with zero attached hydrogens (tertiary/aromatic N) is 2. The van der Waals surface area contributed by atoms with E-state index in [4.69, 9.17) is 0 Å². The van der Waals surface area contributed by atoms with E-state index in [1.165, 1.54) is 6.16 Å². The normalized spacial score (nSPS) is 12.7. The molecule has 1 atom stereocenters. The molecule has 0 fully saturated rings. The lowest BCUT2D eigenvalue weighted by Crippen LogP contribution is -2.12. The second-order valence-electron chi connectivity index (χ2n) is 5.16. The third kappa shape index (κ3) is 2.99. The smallest absolute Gasteiger partial charge is 0.0894 e. The van der Waals surface area contributed by atoms with Crippen LogP contribution < -0.4 is 5.44 Å². The van der Waals surface area contributed by atoms with Crippen LogP contribution in [0.25, 0.3) is 11.0 Å². The number of rotatable bonds is 2. The molecule has 0 saturated heterocycles. The lowest BCUT2D eigenvalue weighted by atomic mass is 10.0. The van der Waals surface area contributed by atoms with Crippen molar-refractivity contribution in [1.82, 2.24) is 9.97 Å². The summed E-state index contributed by atoms with van der Waals surface area (Å²) in [6.45, 7) is 6.78. The van der Waals surface area contributed by atoms with Crippen LogP contribution in [0.4, 0.5) is 0 Å². The first-order chi connectivity index (χ1) is 7.54. The molecule has 84 valence electrons. The Hall–Kier alpha value is -1.01. The van der Waals surface area contributed by atoms with E-state index in [0.717, 1.165) is 25.0 Å². The number of aromatic nitrogens is 2. The molecular formula is C13H17N2P. The zero-order valence-electron chi connectivity index (χ0n) is 9.99. The predicted octanol–water partition coefficient (Wildman–Crippen LogP) is 2.98. The van der Waals surface area contributed by atoms with Gasteiger partial charge in [-0.15, -0.1) is 0 Å². The van der Waals surface area contributed by atoms with Crippen molar-refractivity contribution < 1.29 is 0 Å². The number of hydrogen-bond acceptors (Lipinski definition) is 2. The average molecular weight is 232 g/mol. The lowest BCUT2D eigenvalue weighted by Gasteiger charge is -2.17. The molecule has 0 aliphatic heterocycles. The second kappa shape index (κ2) is 4.47. The molecular weight excluding hydrogens is 215 g/mol. The molecule has 16 heavy (non-hydrogen) atoms. The van der Waals surface area contributed by atoms with Crippen LogP contribution in [-0.4, -0.2) is 16.1 Å². The number of para-hydroxylation sites is 2. The van der Waals surface area contributed by atoms with Crippen LogP contribution in [0.2, 0.25) is 0 Å². The molecule has 1 heterocycles. The van der Waals surface area contributed by atoms with E-state index in [0.29, 0.717) is 5.41 Å². The highest BCUT2D eigenvalue weighted by Gasteiger charge is 2.10. The maximum absolute atomic E-state index is 4.63. The van der Waals surface area contributed by atoms with Crippen molar-refractivity contribution in [1.29, 1.82) is 0 Å².